The molecular formula is C27H32N2O5. The number of aromatic nitrogens is 1. The van der Waals surface area contributed by atoms with E-state index in [1.165, 1.54) is 0 Å². The average molecular weight is 465 g/mol. The van der Waals surface area contributed by atoms with Gasteiger partial charge in [-0.1, -0.05) is 18.2 Å². The molecule has 3 aromatic rings. The number of methoxy groups -OCH3 is 1. The predicted octanol–water partition coefficient (Wildman–Crippen LogP) is 4.51. The van der Waals surface area contributed by atoms with Crippen LogP contribution in [0.4, 0.5) is 0 Å². The van der Waals surface area contributed by atoms with Crippen LogP contribution in [0.2, 0.25) is 0 Å². The Morgan fingerprint density at radius 3 is 2.47 bits per heavy atom. The molecule has 180 valence electrons. The van der Waals surface area contributed by atoms with Crippen molar-refractivity contribution < 1.29 is 23.8 Å². The van der Waals surface area contributed by atoms with Gasteiger partial charge in [-0.15, -0.1) is 0 Å². The van der Waals surface area contributed by atoms with Crippen molar-refractivity contribution in [1.82, 2.24) is 9.47 Å². The zero-order valence-corrected chi connectivity index (χ0v) is 20.1. The Bertz CT molecular complexity index is 1160. The third-order valence-corrected chi connectivity index (χ3v) is 6.30. The van der Waals surface area contributed by atoms with Gasteiger partial charge < -0.3 is 23.7 Å². The quantitative estimate of drug-likeness (QED) is 0.459. The maximum absolute atomic E-state index is 13.7. The summed E-state index contributed by atoms with van der Waals surface area (Å²) >= 11 is 0. The van der Waals surface area contributed by atoms with Crippen LogP contribution in [-0.2, 0) is 16.1 Å². The third kappa shape index (κ3) is 4.88. The molecule has 0 atom stereocenters. The van der Waals surface area contributed by atoms with Crippen molar-refractivity contribution in [2.45, 2.75) is 33.2 Å². The van der Waals surface area contributed by atoms with Crippen molar-refractivity contribution in [2.75, 3.05) is 33.4 Å². The second-order valence-electron chi connectivity index (χ2n) is 8.41. The van der Waals surface area contributed by atoms with Crippen molar-refractivity contribution >= 4 is 22.8 Å². The number of esters is 1. The smallest absolute Gasteiger partial charge is 0.309 e. The van der Waals surface area contributed by atoms with E-state index in [1.54, 1.807) is 7.11 Å². The summed E-state index contributed by atoms with van der Waals surface area (Å²) in [7, 11) is 1.65. The number of fused-ring (bicyclic) bond motifs is 1. The molecule has 1 fully saturated rings. The minimum absolute atomic E-state index is 0.0381. The Balaban J connectivity index is 1.67. The summed E-state index contributed by atoms with van der Waals surface area (Å²) in [6, 6.07) is 15.7. The summed E-state index contributed by atoms with van der Waals surface area (Å²) in [5.41, 5.74) is 2.59. The van der Waals surface area contributed by atoms with Gasteiger partial charge in [-0.2, -0.15) is 0 Å². The van der Waals surface area contributed by atoms with Gasteiger partial charge in [0.1, 0.15) is 17.2 Å². The van der Waals surface area contributed by atoms with Crippen molar-refractivity contribution in [3.8, 4) is 11.5 Å². The second-order valence-corrected chi connectivity index (χ2v) is 8.41. The summed E-state index contributed by atoms with van der Waals surface area (Å²) in [6.45, 7) is 6.27. The van der Waals surface area contributed by atoms with Gasteiger partial charge in [0.15, 0.2) is 0 Å². The highest BCUT2D eigenvalue weighted by Crippen LogP contribution is 2.31. The van der Waals surface area contributed by atoms with E-state index in [9.17, 15) is 9.59 Å². The van der Waals surface area contributed by atoms with Gasteiger partial charge in [0.25, 0.3) is 5.91 Å². The molecule has 1 aliphatic rings. The number of carbonyl (C=O) groups excluding carboxylic acids is 2. The first-order valence-corrected chi connectivity index (χ1v) is 11.9. The highest BCUT2D eigenvalue weighted by molar-refractivity contribution is 6.00. The molecular weight excluding hydrogens is 432 g/mol. The summed E-state index contributed by atoms with van der Waals surface area (Å²) in [5, 5.41) is 0.914. The lowest BCUT2D eigenvalue weighted by atomic mass is 9.97. The van der Waals surface area contributed by atoms with Crippen LogP contribution in [0.15, 0.2) is 48.5 Å². The van der Waals surface area contributed by atoms with Gasteiger partial charge in [0.05, 0.1) is 31.8 Å². The Morgan fingerprint density at radius 1 is 1.00 bits per heavy atom. The molecule has 0 N–H and O–H groups in total. The van der Waals surface area contributed by atoms with E-state index in [2.05, 4.69) is 0 Å². The van der Waals surface area contributed by atoms with E-state index in [1.807, 2.05) is 71.8 Å². The molecule has 2 heterocycles. The van der Waals surface area contributed by atoms with Crippen LogP contribution in [0.1, 0.15) is 42.7 Å². The van der Waals surface area contributed by atoms with E-state index in [0.717, 1.165) is 28.0 Å². The molecule has 34 heavy (non-hydrogen) atoms. The lowest BCUT2D eigenvalue weighted by Crippen LogP contribution is -2.41. The summed E-state index contributed by atoms with van der Waals surface area (Å²) in [4.78, 5) is 27.7. The number of piperidine rings is 1. The minimum Gasteiger partial charge on any atom is -0.497 e. The van der Waals surface area contributed by atoms with Crippen LogP contribution >= 0.6 is 0 Å². The van der Waals surface area contributed by atoms with E-state index in [-0.39, 0.29) is 17.8 Å². The molecule has 0 spiro atoms. The average Bonchev–Trinajstić information content (AvgIpc) is 3.23. The number of amides is 1. The Hall–Kier alpha value is -3.48. The van der Waals surface area contributed by atoms with Crippen molar-refractivity contribution in [2.24, 2.45) is 5.92 Å². The van der Waals surface area contributed by atoms with E-state index < -0.39 is 0 Å². The van der Waals surface area contributed by atoms with E-state index in [0.29, 0.717) is 51.4 Å². The van der Waals surface area contributed by atoms with Crippen LogP contribution in [0.25, 0.3) is 10.9 Å². The number of rotatable bonds is 8. The van der Waals surface area contributed by atoms with Gasteiger partial charge in [0.2, 0.25) is 0 Å². The van der Waals surface area contributed by atoms with Crippen molar-refractivity contribution in [3.05, 3.63) is 59.8 Å². The van der Waals surface area contributed by atoms with Crippen LogP contribution in [0.5, 0.6) is 11.5 Å². The number of nitrogens with zero attached hydrogens (tertiary/aromatic N) is 2. The van der Waals surface area contributed by atoms with E-state index >= 15 is 0 Å². The fraction of sp³-hybridized carbons (Fsp3) is 0.407. The maximum Gasteiger partial charge on any atom is 0.309 e. The zero-order chi connectivity index (χ0) is 24.1. The molecule has 4 rings (SSSR count). The Labute approximate surface area is 200 Å². The molecule has 7 heteroatoms. The maximum atomic E-state index is 13.7. The summed E-state index contributed by atoms with van der Waals surface area (Å²) in [6.07, 6.45) is 1.23. The number of benzene rings is 2. The van der Waals surface area contributed by atoms with Crippen LogP contribution in [0.3, 0.4) is 0 Å². The molecule has 0 bridgehead atoms. The number of carbonyl (C=O) groups is 2. The second kappa shape index (κ2) is 10.6. The largest absolute Gasteiger partial charge is 0.497 e. The number of ether oxygens (including phenoxy) is 3. The Morgan fingerprint density at radius 2 is 1.76 bits per heavy atom. The minimum atomic E-state index is -0.164. The number of hydrogen-bond acceptors (Lipinski definition) is 5. The highest BCUT2D eigenvalue weighted by atomic mass is 16.5. The fourth-order valence-corrected chi connectivity index (χ4v) is 4.58. The predicted molar refractivity (Wildman–Crippen MR) is 130 cm³/mol. The topological polar surface area (TPSA) is 70.0 Å². The first-order chi connectivity index (χ1) is 16.5. The summed E-state index contributed by atoms with van der Waals surface area (Å²) < 4.78 is 18.5. The molecule has 0 radical (unpaired) electrons. The first kappa shape index (κ1) is 23.7. The SMILES string of the molecule is CCOC(=O)C1CCN(C(=O)c2cc3c(OCC)cccc3n2Cc2cccc(OC)c2)CC1. The normalized spacial score (nSPS) is 14.3. The standard InChI is InChI=1S/C27H32N2O5/c1-4-33-25-11-7-10-23-22(25)17-24(29(23)18-19-8-6-9-21(16-19)32-3)26(30)28-14-12-20(13-15-28)27(31)34-5-2/h6-11,16-17,20H,4-5,12-15,18H2,1-3H3. The van der Waals surface area contributed by atoms with Gasteiger partial charge in [-0.25, -0.2) is 0 Å². The van der Waals surface area contributed by atoms with Crippen molar-refractivity contribution in [3.63, 3.8) is 0 Å². The molecule has 1 aliphatic heterocycles. The van der Waals surface area contributed by atoms with Crippen molar-refractivity contribution in [1.29, 1.82) is 0 Å². The lowest BCUT2D eigenvalue weighted by Gasteiger charge is -2.31. The number of likely N-dealkylation sites (tertiary alicyclic amines) is 1. The molecule has 1 saturated heterocycles. The zero-order valence-electron chi connectivity index (χ0n) is 20.1. The van der Waals surface area contributed by atoms with Gasteiger partial charge >= 0.3 is 5.97 Å². The molecule has 1 amide bonds. The molecule has 0 saturated carbocycles. The van der Waals surface area contributed by atoms with E-state index in [4.69, 9.17) is 14.2 Å². The fourth-order valence-electron chi connectivity index (χ4n) is 4.58. The van der Waals surface area contributed by atoms with Crippen LogP contribution < -0.4 is 9.47 Å². The first-order valence-electron chi connectivity index (χ1n) is 11.9. The monoisotopic (exact) mass is 464 g/mol. The van der Waals surface area contributed by atoms with Gasteiger partial charge in [-0.05, 0) is 62.6 Å². The highest BCUT2D eigenvalue weighted by Gasteiger charge is 2.30. The van der Waals surface area contributed by atoms with Crippen LogP contribution in [0, 0.1) is 5.92 Å². The lowest BCUT2D eigenvalue weighted by molar-refractivity contribution is -0.149. The van der Waals surface area contributed by atoms with Gasteiger partial charge in [0, 0.05) is 25.0 Å². The van der Waals surface area contributed by atoms with Crippen LogP contribution in [-0.4, -0.2) is 54.8 Å². The Kier molecular flexibility index (Phi) is 7.40. The number of hydrogen-bond donors (Lipinski definition) is 0. The molecule has 0 aliphatic carbocycles. The third-order valence-electron chi connectivity index (χ3n) is 6.30. The molecule has 0 unspecified atom stereocenters. The molecule has 1 aromatic heterocycles. The summed E-state index contributed by atoms with van der Waals surface area (Å²) in [5.74, 6) is 1.19. The molecule has 2 aromatic carbocycles. The van der Waals surface area contributed by atoms with Gasteiger partial charge in [-0.3, -0.25) is 9.59 Å². The molecule has 7 nitrogen and oxygen atoms in total.